The van der Waals surface area contributed by atoms with Crippen molar-refractivity contribution in [3.05, 3.63) is 22.9 Å². The lowest BCUT2D eigenvalue weighted by Crippen LogP contribution is -2.48. The van der Waals surface area contributed by atoms with E-state index in [1.807, 2.05) is 19.9 Å². The van der Waals surface area contributed by atoms with Crippen LogP contribution in [0.5, 0.6) is 0 Å². The van der Waals surface area contributed by atoms with Crippen LogP contribution < -0.4 is 5.32 Å². The Labute approximate surface area is 101 Å². The number of aromatic nitrogens is 1. The average Bonchev–Trinajstić information content (AvgIpc) is 2.23. The molecule has 0 bridgehead atoms. The lowest BCUT2D eigenvalue weighted by atomic mass is 9.77. The molecule has 17 heavy (non-hydrogen) atoms. The molecule has 1 aliphatic rings. The van der Waals surface area contributed by atoms with Crippen LogP contribution in [0, 0.1) is 25.2 Å². The van der Waals surface area contributed by atoms with Gasteiger partial charge >= 0.3 is 0 Å². The zero-order valence-electron chi connectivity index (χ0n) is 10.2. The molecule has 1 fully saturated rings. The quantitative estimate of drug-likeness (QED) is 0.833. The summed E-state index contributed by atoms with van der Waals surface area (Å²) in [6.07, 6.45) is 2.98. The zero-order valence-corrected chi connectivity index (χ0v) is 10.2. The van der Waals surface area contributed by atoms with Gasteiger partial charge in [0.25, 0.3) is 0 Å². The van der Waals surface area contributed by atoms with Crippen molar-refractivity contribution >= 4 is 5.82 Å². The maximum absolute atomic E-state index is 9.43. The highest BCUT2D eigenvalue weighted by molar-refractivity contribution is 5.58. The van der Waals surface area contributed by atoms with Crippen LogP contribution in [0.25, 0.3) is 0 Å². The number of hydrogen-bond acceptors (Lipinski definition) is 4. The molecule has 2 N–H and O–H groups in total. The molecular formula is C13H17N3O. The molecule has 0 saturated heterocycles. The fraction of sp³-hybridized carbons (Fsp3) is 0.538. The van der Waals surface area contributed by atoms with Gasteiger partial charge in [-0.15, -0.1) is 0 Å². The number of aryl methyl sites for hydroxylation is 2. The molecule has 1 aliphatic carbocycles. The Morgan fingerprint density at radius 3 is 2.71 bits per heavy atom. The first-order valence-electron chi connectivity index (χ1n) is 5.88. The molecule has 0 radical (unpaired) electrons. The first-order valence-corrected chi connectivity index (χ1v) is 5.88. The first kappa shape index (κ1) is 11.9. The lowest BCUT2D eigenvalue weighted by molar-refractivity contribution is 0.144. The molecule has 4 heteroatoms. The Morgan fingerprint density at radius 1 is 1.53 bits per heavy atom. The summed E-state index contributed by atoms with van der Waals surface area (Å²) in [7, 11) is 0. The average molecular weight is 231 g/mol. The molecule has 0 aromatic carbocycles. The fourth-order valence-corrected chi connectivity index (χ4v) is 2.25. The molecule has 4 nitrogen and oxygen atoms in total. The van der Waals surface area contributed by atoms with Crippen LogP contribution in [-0.2, 0) is 0 Å². The molecule has 0 aliphatic heterocycles. The van der Waals surface area contributed by atoms with E-state index >= 15 is 0 Å². The van der Waals surface area contributed by atoms with Crippen LogP contribution >= 0.6 is 0 Å². The van der Waals surface area contributed by atoms with Gasteiger partial charge in [0.15, 0.2) is 0 Å². The van der Waals surface area contributed by atoms with Gasteiger partial charge in [-0.25, -0.2) is 4.98 Å². The van der Waals surface area contributed by atoms with Crippen molar-refractivity contribution in [1.29, 1.82) is 5.26 Å². The second-order valence-corrected chi connectivity index (χ2v) is 4.83. The predicted octanol–water partition coefficient (Wildman–Crippen LogP) is 1.90. The third-order valence-corrected chi connectivity index (χ3v) is 3.45. The Kier molecular flexibility index (Phi) is 3.03. The van der Waals surface area contributed by atoms with Crippen molar-refractivity contribution in [3.8, 4) is 6.07 Å². The number of hydrogen-bond donors (Lipinski definition) is 2. The number of nitrogens with zero attached hydrogens (tertiary/aromatic N) is 2. The standard InChI is InChI=1S/C13H17N3O/c1-9-6-10(2)15-12(11(9)7-14)16-13(8-17)4-3-5-13/h6,17H,3-5,8H2,1-2H3,(H,15,16). The normalized spacial score (nSPS) is 17.1. The van der Waals surface area contributed by atoms with Gasteiger partial charge in [0, 0.05) is 5.69 Å². The van der Waals surface area contributed by atoms with E-state index in [1.165, 1.54) is 0 Å². The smallest absolute Gasteiger partial charge is 0.144 e. The molecular weight excluding hydrogens is 214 g/mol. The number of rotatable bonds is 3. The molecule has 1 aromatic heterocycles. The van der Waals surface area contributed by atoms with Crippen molar-refractivity contribution in [2.24, 2.45) is 0 Å². The van der Waals surface area contributed by atoms with Crippen molar-refractivity contribution in [3.63, 3.8) is 0 Å². The van der Waals surface area contributed by atoms with Gasteiger partial charge < -0.3 is 10.4 Å². The summed E-state index contributed by atoms with van der Waals surface area (Å²) in [6.45, 7) is 3.91. The fourth-order valence-electron chi connectivity index (χ4n) is 2.25. The predicted molar refractivity (Wildman–Crippen MR) is 65.7 cm³/mol. The second-order valence-electron chi connectivity index (χ2n) is 4.83. The third-order valence-electron chi connectivity index (χ3n) is 3.45. The van der Waals surface area contributed by atoms with E-state index in [0.29, 0.717) is 11.4 Å². The minimum Gasteiger partial charge on any atom is -0.394 e. The summed E-state index contributed by atoms with van der Waals surface area (Å²) >= 11 is 0. The van der Waals surface area contributed by atoms with Crippen LogP contribution in [0.1, 0.15) is 36.1 Å². The molecule has 0 amide bonds. The molecule has 1 aromatic rings. The van der Waals surface area contributed by atoms with E-state index in [-0.39, 0.29) is 12.1 Å². The van der Waals surface area contributed by atoms with E-state index in [2.05, 4.69) is 16.4 Å². The van der Waals surface area contributed by atoms with Crippen LogP contribution in [0.15, 0.2) is 6.07 Å². The van der Waals surface area contributed by atoms with E-state index in [0.717, 1.165) is 30.5 Å². The monoisotopic (exact) mass is 231 g/mol. The lowest BCUT2D eigenvalue weighted by Gasteiger charge is -2.41. The van der Waals surface area contributed by atoms with Crippen molar-refractivity contribution < 1.29 is 5.11 Å². The van der Waals surface area contributed by atoms with Gasteiger partial charge in [0.05, 0.1) is 17.7 Å². The molecule has 2 rings (SSSR count). The van der Waals surface area contributed by atoms with E-state index < -0.39 is 0 Å². The van der Waals surface area contributed by atoms with Gasteiger partial charge in [-0.3, -0.25) is 0 Å². The summed E-state index contributed by atoms with van der Waals surface area (Å²) in [4.78, 5) is 4.37. The number of pyridine rings is 1. The largest absolute Gasteiger partial charge is 0.394 e. The number of aliphatic hydroxyl groups is 1. The van der Waals surface area contributed by atoms with Gasteiger partial charge in [0.2, 0.25) is 0 Å². The summed E-state index contributed by atoms with van der Waals surface area (Å²) in [6, 6.07) is 4.08. The van der Waals surface area contributed by atoms with Crippen molar-refractivity contribution in [2.45, 2.75) is 38.6 Å². The maximum Gasteiger partial charge on any atom is 0.144 e. The molecule has 0 unspecified atom stereocenters. The van der Waals surface area contributed by atoms with Crippen LogP contribution in [0.4, 0.5) is 5.82 Å². The molecule has 0 atom stereocenters. The molecule has 1 heterocycles. The minimum absolute atomic E-state index is 0.0898. The number of nitriles is 1. The molecule has 90 valence electrons. The number of aliphatic hydroxyl groups excluding tert-OH is 1. The zero-order chi connectivity index (χ0) is 12.5. The SMILES string of the molecule is Cc1cc(C)c(C#N)c(NC2(CO)CCC2)n1. The topological polar surface area (TPSA) is 68.9 Å². The van der Waals surface area contributed by atoms with E-state index in [9.17, 15) is 5.11 Å². The summed E-state index contributed by atoms with van der Waals surface area (Å²) in [5.41, 5.74) is 2.13. The van der Waals surface area contributed by atoms with Crippen molar-refractivity contribution in [2.75, 3.05) is 11.9 Å². The highest BCUT2D eigenvalue weighted by Crippen LogP contribution is 2.35. The molecule has 1 saturated carbocycles. The van der Waals surface area contributed by atoms with E-state index in [4.69, 9.17) is 5.26 Å². The van der Waals surface area contributed by atoms with Crippen LogP contribution in [0.3, 0.4) is 0 Å². The van der Waals surface area contributed by atoms with E-state index in [1.54, 1.807) is 0 Å². The number of nitrogens with one attached hydrogen (secondary N) is 1. The Hall–Kier alpha value is -1.60. The number of anilines is 1. The highest BCUT2D eigenvalue weighted by atomic mass is 16.3. The highest BCUT2D eigenvalue weighted by Gasteiger charge is 2.37. The summed E-state index contributed by atoms with van der Waals surface area (Å²) in [5, 5.41) is 21.8. The van der Waals surface area contributed by atoms with Crippen LogP contribution in [0.2, 0.25) is 0 Å². The van der Waals surface area contributed by atoms with Crippen LogP contribution in [-0.4, -0.2) is 22.2 Å². The maximum atomic E-state index is 9.43. The Balaban J connectivity index is 2.35. The second kappa shape index (κ2) is 4.34. The minimum atomic E-state index is -0.265. The molecule has 0 spiro atoms. The first-order chi connectivity index (χ1) is 8.10. The van der Waals surface area contributed by atoms with Gasteiger partial charge in [0.1, 0.15) is 11.9 Å². The van der Waals surface area contributed by atoms with Gasteiger partial charge in [-0.05, 0) is 44.7 Å². The van der Waals surface area contributed by atoms with Gasteiger partial charge in [-0.2, -0.15) is 5.26 Å². The van der Waals surface area contributed by atoms with Gasteiger partial charge in [-0.1, -0.05) is 0 Å². The Bertz CT molecular complexity index is 467. The third kappa shape index (κ3) is 2.11. The summed E-state index contributed by atoms with van der Waals surface area (Å²) < 4.78 is 0. The van der Waals surface area contributed by atoms with Crippen molar-refractivity contribution in [1.82, 2.24) is 4.98 Å². The summed E-state index contributed by atoms with van der Waals surface area (Å²) in [5.74, 6) is 0.610. The Morgan fingerprint density at radius 2 is 2.24 bits per heavy atom.